The molecule has 0 saturated heterocycles. The van der Waals surface area contributed by atoms with Crippen LogP contribution < -0.4 is 5.32 Å². The molecule has 0 aliphatic heterocycles. The van der Waals surface area contributed by atoms with E-state index in [4.69, 9.17) is 0 Å². The molecule has 0 bridgehead atoms. The Morgan fingerprint density at radius 2 is 1.82 bits per heavy atom. The number of nitrogens with one attached hydrogen (secondary N) is 1. The minimum atomic E-state index is -3.54. The average molecular weight is 399 g/mol. The number of carbonyl (C=O) groups excluding carboxylic acids is 1. The first-order chi connectivity index (χ1) is 13.5. The van der Waals surface area contributed by atoms with Crippen LogP contribution in [0, 0.1) is 0 Å². The fourth-order valence-corrected chi connectivity index (χ4v) is 4.16. The van der Waals surface area contributed by atoms with Crippen LogP contribution in [0.3, 0.4) is 0 Å². The van der Waals surface area contributed by atoms with E-state index in [1.165, 1.54) is 28.6 Å². The second kappa shape index (κ2) is 8.32. The molecule has 1 amide bonds. The van der Waals surface area contributed by atoms with Gasteiger partial charge in [-0.1, -0.05) is 13.8 Å². The number of sulfonamides is 1. The maximum Gasteiger partial charge on any atom is 0.255 e. The molecule has 0 aliphatic rings. The Morgan fingerprint density at radius 1 is 1.11 bits per heavy atom. The molecule has 3 aromatic rings. The third-order valence-electron chi connectivity index (χ3n) is 4.23. The van der Waals surface area contributed by atoms with E-state index in [0.717, 1.165) is 0 Å². The molecule has 0 saturated carbocycles. The molecule has 3 rings (SSSR count). The molecule has 0 unspecified atom stereocenters. The summed E-state index contributed by atoms with van der Waals surface area (Å²) in [6, 6.07) is 9.39. The van der Waals surface area contributed by atoms with Crippen LogP contribution in [0.25, 0.3) is 5.82 Å². The van der Waals surface area contributed by atoms with E-state index < -0.39 is 10.0 Å². The molecule has 8 nitrogen and oxygen atoms in total. The summed E-state index contributed by atoms with van der Waals surface area (Å²) in [5.41, 5.74) is 0.894. The van der Waals surface area contributed by atoms with Crippen molar-refractivity contribution < 1.29 is 13.2 Å². The lowest BCUT2D eigenvalue weighted by atomic mass is 10.2. The summed E-state index contributed by atoms with van der Waals surface area (Å²) in [7, 11) is -3.54. The van der Waals surface area contributed by atoms with E-state index in [1.54, 1.807) is 55.5 Å². The number of rotatable bonds is 7. The van der Waals surface area contributed by atoms with Gasteiger partial charge in [0.05, 0.1) is 16.8 Å². The van der Waals surface area contributed by atoms with Crippen molar-refractivity contribution in [3.8, 4) is 5.82 Å². The van der Waals surface area contributed by atoms with Crippen molar-refractivity contribution in [2.45, 2.75) is 18.7 Å². The first kappa shape index (κ1) is 19.7. The van der Waals surface area contributed by atoms with Crippen LogP contribution in [0.15, 0.2) is 66.2 Å². The zero-order valence-electron chi connectivity index (χ0n) is 15.6. The Balaban J connectivity index is 1.71. The van der Waals surface area contributed by atoms with Gasteiger partial charge in [-0.3, -0.25) is 9.36 Å². The first-order valence-electron chi connectivity index (χ1n) is 8.81. The summed E-state index contributed by atoms with van der Waals surface area (Å²) in [5, 5.41) is 2.75. The van der Waals surface area contributed by atoms with Gasteiger partial charge in [0.15, 0.2) is 0 Å². The van der Waals surface area contributed by atoms with Crippen LogP contribution in [0.5, 0.6) is 0 Å². The van der Waals surface area contributed by atoms with Crippen molar-refractivity contribution in [1.82, 2.24) is 18.8 Å². The molecule has 1 aromatic carbocycles. The molecular formula is C19H21N5O3S. The lowest BCUT2D eigenvalue weighted by Gasteiger charge is -2.18. The van der Waals surface area contributed by atoms with Crippen LogP contribution >= 0.6 is 0 Å². The predicted molar refractivity (Wildman–Crippen MR) is 106 cm³/mol. The van der Waals surface area contributed by atoms with Gasteiger partial charge in [-0.2, -0.15) is 4.31 Å². The highest BCUT2D eigenvalue weighted by Gasteiger charge is 2.21. The standard InChI is InChI=1S/C19H21N5O3S/c1-3-24(4-2)28(26,27)17-8-5-15(6-9-17)19(25)22-16-7-10-18(21-13-16)23-12-11-20-14-23/h5-14H,3-4H2,1-2H3,(H,22,25). The summed E-state index contributed by atoms with van der Waals surface area (Å²) >= 11 is 0. The topological polar surface area (TPSA) is 97.2 Å². The van der Waals surface area contributed by atoms with Gasteiger partial charge in [-0.05, 0) is 36.4 Å². The number of nitrogens with zero attached hydrogens (tertiary/aromatic N) is 4. The molecule has 1 N–H and O–H groups in total. The van der Waals surface area contributed by atoms with Crippen molar-refractivity contribution in [2.24, 2.45) is 0 Å². The van der Waals surface area contributed by atoms with Crippen LogP contribution in [0.4, 0.5) is 5.69 Å². The Hall–Kier alpha value is -3.04. The quantitative estimate of drug-likeness (QED) is 0.658. The lowest BCUT2D eigenvalue weighted by Crippen LogP contribution is -2.30. The zero-order chi connectivity index (χ0) is 20.1. The number of amides is 1. The monoisotopic (exact) mass is 399 g/mol. The number of imidazole rings is 1. The van der Waals surface area contributed by atoms with Gasteiger partial charge in [0.1, 0.15) is 12.1 Å². The van der Waals surface area contributed by atoms with Gasteiger partial charge >= 0.3 is 0 Å². The van der Waals surface area contributed by atoms with Gasteiger partial charge in [-0.15, -0.1) is 0 Å². The van der Waals surface area contributed by atoms with Crippen molar-refractivity contribution >= 4 is 21.6 Å². The summed E-state index contributed by atoms with van der Waals surface area (Å²) in [5.74, 6) is 0.338. The number of carbonyl (C=O) groups is 1. The number of aromatic nitrogens is 3. The molecule has 0 fully saturated rings. The molecule has 0 atom stereocenters. The second-order valence-corrected chi connectivity index (χ2v) is 7.88. The molecule has 146 valence electrons. The maximum atomic E-state index is 12.5. The summed E-state index contributed by atoms with van der Waals surface area (Å²) in [6.07, 6.45) is 6.61. The molecule has 28 heavy (non-hydrogen) atoms. The minimum absolute atomic E-state index is 0.166. The number of hydrogen-bond acceptors (Lipinski definition) is 5. The normalized spacial score (nSPS) is 11.5. The van der Waals surface area contributed by atoms with E-state index >= 15 is 0 Å². The van der Waals surface area contributed by atoms with E-state index in [1.807, 2.05) is 0 Å². The van der Waals surface area contributed by atoms with Crippen LogP contribution in [0.2, 0.25) is 0 Å². The fraction of sp³-hybridized carbons (Fsp3) is 0.211. The van der Waals surface area contributed by atoms with Crippen LogP contribution in [-0.2, 0) is 10.0 Å². The van der Waals surface area contributed by atoms with Gasteiger partial charge in [0, 0.05) is 31.0 Å². The molecule has 0 aliphatic carbocycles. The third kappa shape index (κ3) is 4.10. The Morgan fingerprint density at radius 3 is 2.36 bits per heavy atom. The molecule has 0 spiro atoms. The molecule has 2 heterocycles. The Bertz CT molecular complexity index is 1030. The van der Waals surface area contributed by atoms with E-state index in [2.05, 4.69) is 15.3 Å². The highest BCUT2D eigenvalue weighted by molar-refractivity contribution is 7.89. The third-order valence-corrected chi connectivity index (χ3v) is 6.30. The maximum absolute atomic E-state index is 12.5. The number of benzene rings is 1. The van der Waals surface area contributed by atoms with Gasteiger partial charge < -0.3 is 5.32 Å². The molecule has 9 heteroatoms. The van der Waals surface area contributed by atoms with E-state index in [9.17, 15) is 13.2 Å². The smallest absolute Gasteiger partial charge is 0.255 e. The number of hydrogen-bond donors (Lipinski definition) is 1. The Kier molecular flexibility index (Phi) is 5.86. The number of anilines is 1. The average Bonchev–Trinajstić information content (AvgIpc) is 3.24. The molecule has 2 aromatic heterocycles. The highest BCUT2D eigenvalue weighted by atomic mass is 32.2. The Labute approximate surface area is 163 Å². The summed E-state index contributed by atoms with van der Waals surface area (Å²) < 4.78 is 28.1. The van der Waals surface area contributed by atoms with E-state index in [0.29, 0.717) is 30.2 Å². The van der Waals surface area contributed by atoms with Crippen LogP contribution in [-0.4, -0.2) is 46.3 Å². The second-order valence-electron chi connectivity index (χ2n) is 5.94. The van der Waals surface area contributed by atoms with Gasteiger partial charge in [0.25, 0.3) is 5.91 Å². The highest BCUT2D eigenvalue weighted by Crippen LogP contribution is 2.17. The summed E-state index contributed by atoms with van der Waals surface area (Å²) in [4.78, 5) is 20.8. The lowest BCUT2D eigenvalue weighted by molar-refractivity contribution is 0.102. The molecule has 0 radical (unpaired) electrons. The minimum Gasteiger partial charge on any atom is -0.321 e. The zero-order valence-corrected chi connectivity index (χ0v) is 16.4. The first-order valence-corrected chi connectivity index (χ1v) is 10.3. The van der Waals surface area contributed by atoms with Crippen LogP contribution in [0.1, 0.15) is 24.2 Å². The van der Waals surface area contributed by atoms with Crippen molar-refractivity contribution in [3.05, 3.63) is 66.9 Å². The van der Waals surface area contributed by atoms with Crippen molar-refractivity contribution in [3.63, 3.8) is 0 Å². The summed E-state index contributed by atoms with van der Waals surface area (Å²) in [6.45, 7) is 4.36. The number of pyridine rings is 1. The molecular weight excluding hydrogens is 378 g/mol. The fourth-order valence-electron chi connectivity index (χ4n) is 2.70. The van der Waals surface area contributed by atoms with E-state index in [-0.39, 0.29) is 10.8 Å². The van der Waals surface area contributed by atoms with Crippen molar-refractivity contribution in [1.29, 1.82) is 0 Å². The largest absolute Gasteiger partial charge is 0.321 e. The van der Waals surface area contributed by atoms with Gasteiger partial charge in [0.2, 0.25) is 10.0 Å². The predicted octanol–water partition coefficient (Wildman–Crippen LogP) is 2.55. The van der Waals surface area contributed by atoms with Gasteiger partial charge in [-0.25, -0.2) is 18.4 Å². The SMILES string of the molecule is CCN(CC)S(=O)(=O)c1ccc(C(=O)Nc2ccc(-n3ccnc3)nc2)cc1. The van der Waals surface area contributed by atoms with Crippen molar-refractivity contribution in [2.75, 3.05) is 18.4 Å².